The summed E-state index contributed by atoms with van der Waals surface area (Å²) >= 11 is 5.53. The van der Waals surface area contributed by atoms with Gasteiger partial charge in [0.25, 0.3) is 0 Å². The molecule has 1 fully saturated rings. The normalized spacial score (nSPS) is 33.0. The van der Waals surface area contributed by atoms with Crippen LogP contribution in [0.1, 0.15) is 6.42 Å². The van der Waals surface area contributed by atoms with E-state index in [4.69, 9.17) is 11.2 Å². The molecule has 1 unspecified atom stereocenters. The minimum atomic E-state index is -0.742. The van der Waals surface area contributed by atoms with Crippen LogP contribution in [0, 0.1) is 0 Å². The van der Waals surface area contributed by atoms with E-state index in [9.17, 15) is 0 Å². The average Bonchev–Trinajstić information content (AvgIpc) is 1.69. The number of halogens is 1. The van der Waals surface area contributed by atoms with Gasteiger partial charge in [0.15, 0.2) is 7.50 Å². The molecule has 1 aliphatic rings. The van der Waals surface area contributed by atoms with E-state index in [2.05, 4.69) is 9.56 Å². The largest absolute Gasteiger partial charge is 0.232 e. The van der Waals surface area contributed by atoms with Crippen molar-refractivity contribution in [1.29, 1.82) is 0 Å². The third kappa shape index (κ3) is 1.92. The zero-order valence-electron chi connectivity index (χ0n) is 3.76. The molecule has 0 aromatic rings. The van der Waals surface area contributed by atoms with Crippen LogP contribution in [0.2, 0.25) is 0 Å². The molecule has 0 amide bonds. The van der Waals surface area contributed by atoms with E-state index in [1.54, 1.807) is 0 Å². The van der Waals surface area contributed by atoms with Gasteiger partial charge in [0.05, 0.1) is 6.61 Å². The molecule has 1 aliphatic heterocycles. The molecule has 42 valence electrons. The second kappa shape index (κ2) is 2.83. The van der Waals surface area contributed by atoms with Gasteiger partial charge in [-0.3, -0.25) is 0 Å². The van der Waals surface area contributed by atoms with Crippen molar-refractivity contribution >= 4 is 18.7 Å². The monoisotopic (exact) mass is 140 g/mol. The SMILES string of the molecule is ClP1CCCOO1. The van der Waals surface area contributed by atoms with Crippen molar-refractivity contribution in [2.24, 2.45) is 0 Å². The van der Waals surface area contributed by atoms with E-state index in [0.717, 1.165) is 12.6 Å². The summed E-state index contributed by atoms with van der Waals surface area (Å²) in [4.78, 5) is 4.58. The van der Waals surface area contributed by atoms with Gasteiger partial charge in [0, 0.05) is 6.16 Å². The summed E-state index contributed by atoms with van der Waals surface area (Å²) in [5, 5.41) is 0. The number of rotatable bonds is 0. The van der Waals surface area contributed by atoms with E-state index in [-0.39, 0.29) is 0 Å². The Balaban J connectivity index is 2.12. The van der Waals surface area contributed by atoms with Gasteiger partial charge in [0.1, 0.15) is 0 Å². The van der Waals surface area contributed by atoms with Crippen molar-refractivity contribution in [1.82, 2.24) is 0 Å². The van der Waals surface area contributed by atoms with Gasteiger partial charge in [0.2, 0.25) is 0 Å². The van der Waals surface area contributed by atoms with Crippen molar-refractivity contribution in [3.63, 3.8) is 0 Å². The van der Waals surface area contributed by atoms with Crippen LogP contribution in [0.5, 0.6) is 0 Å². The third-order valence-corrected chi connectivity index (χ3v) is 2.31. The van der Waals surface area contributed by atoms with Crippen LogP contribution in [0.4, 0.5) is 0 Å². The fourth-order valence-corrected chi connectivity index (χ4v) is 1.50. The average molecular weight is 141 g/mol. The maximum Gasteiger partial charge on any atom is 0.165 e. The highest BCUT2D eigenvalue weighted by molar-refractivity contribution is 7.79. The molecule has 0 bridgehead atoms. The van der Waals surface area contributed by atoms with Crippen LogP contribution < -0.4 is 0 Å². The predicted molar refractivity (Wildman–Crippen MR) is 29.3 cm³/mol. The maximum atomic E-state index is 5.53. The summed E-state index contributed by atoms with van der Waals surface area (Å²) in [7, 11) is -0.742. The molecule has 1 atom stereocenters. The molecule has 0 aliphatic carbocycles. The zero-order valence-corrected chi connectivity index (χ0v) is 5.41. The van der Waals surface area contributed by atoms with Crippen LogP contribution >= 0.6 is 18.7 Å². The third-order valence-electron chi connectivity index (χ3n) is 0.695. The maximum absolute atomic E-state index is 5.53. The highest BCUT2D eigenvalue weighted by Gasteiger charge is 2.10. The van der Waals surface area contributed by atoms with Crippen LogP contribution in [0.3, 0.4) is 0 Å². The zero-order chi connectivity index (χ0) is 5.11. The Morgan fingerprint density at radius 3 is 2.71 bits per heavy atom. The molecule has 0 N–H and O–H groups in total. The van der Waals surface area contributed by atoms with Crippen molar-refractivity contribution in [2.45, 2.75) is 6.42 Å². The molecule has 7 heavy (non-hydrogen) atoms. The molecule has 4 heteroatoms. The number of hydrogen-bond donors (Lipinski definition) is 0. The summed E-state index contributed by atoms with van der Waals surface area (Å²) < 4.78 is 4.61. The van der Waals surface area contributed by atoms with Crippen LogP contribution in [-0.4, -0.2) is 12.8 Å². The second-order valence-corrected chi connectivity index (χ2v) is 3.65. The fraction of sp³-hybridized carbons (Fsp3) is 1.00. The molecule has 0 spiro atoms. The van der Waals surface area contributed by atoms with Gasteiger partial charge in [-0.15, -0.1) is 0 Å². The van der Waals surface area contributed by atoms with E-state index >= 15 is 0 Å². The van der Waals surface area contributed by atoms with Gasteiger partial charge in [-0.05, 0) is 6.42 Å². The molecule has 2 nitrogen and oxygen atoms in total. The predicted octanol–water partition coefficient (Wildman–Crippen LogP) is 1.89. The molecular formula is C3H6ClO2P. The van der Waals surface area contributed by atoms with Gasteiger partial charge in [-0.1, -0.05) is 11.2 Å². The van der Waals surface area contributed by atoms with Crippen molar-refractivity contribution in [3.8, 4) is 0 Å². The minimum absolute atomic E-state index is 0.700. The summed E-state index contributed by atoms with van der Waals surface area (Å²) in [5.74, 6) is 0. The van der Waals surface area contributed by atoms with Gasteiger partial charge in [-0.2, -0.15) is 4.67 Å². The van der Waals surface area contributed by atoms with E-state index < -0.39 is 7.50 Å². The first-order valence-corrected chi connectivity index (χ1v) is 4.47. The summed E-state index contributed by atoms with van der Waals surface area (Å²) in [6, 6.07) is 0. The lowest BCUT2D eigenvalue weighted by atomic mass is 10.5. The quantitative estimate of drug-likeness (QED) is 0.378. The van der Waals surface area contributed by atoms with Crippen LogP contribution in [0.25, 0.3) is 0 Å². The molecule has 1 rings (SSSR count). The highest BCUT2D eigenvalue weighted by atomic mass is 35.7. The summed E-state index contributed by atoms with van der Waals surface area (Å²) in [6.07, 6.45) is 2.01. The molecule has 0 aromatic carbocycles. The fourth-order valence-electron chi connectivity index (χ4n) is 0.380. The molecule has 0 saturated carbocycles. The van der Waals surface area contributed by atoms with Crippen molar-refractivity contribution in [3.05, 3.63) is 0 Å². The van der Waals surface area contributed by atoms with E-state index in [0.29, 0.717) is 6.61 Å². The molecule has 0 aromatic heterocycles. The Morgan fingerprint density at radius 2 is 2.43 bits per heavy atom. The Hall–Kier alpha value is 0.640. The first-order valence-electron chi connectivity index (χ1n) is 2.12. The Bertz CT molecular complexity index is 54.9. The summed E-state index contributed by atoms with van der Waals surface area (Å²) in [6.45, 7) is 0.700. The Kier molecular flexibility index (Phi) is 2.33. The van der Waals surface area contributed by atoms with E-state index in [1.807, 2.05) is 0 Å². The first kappa shape index (κ1) is 5.77. The first-order chi connectivity index (χ1) is 3.39. The van der Waals surface area contributed by atoms with Crippen molar-refractivity contribution in [2.75, 3.05) is 12.8 Å². The van der Waals surface area contributed by atoms with Gasteiger partial charge < -0.3 is 0 Å². The van der Waals surface area contributed by atoms with E-state index in [1.165, 1.54) is 0 Å². The highest BCUT2D eigenvalue weighted by Crippen LogP contribution is 2.45. The minimum Gasteiger partial charge on any atom is -0.232 e. The Labute approximate surface area is 48.3 Å². The van der Waals surface area contributed by atoms with Crippen LogP contribution in [0.15, 0.2) is 0 Å². The second-order valence-electron chi connectivity index (χ2n) is 1.29. The van der Waals surface area contributed by atoms with Gasteiger partial charge >= 0.3 is 0 Å². The standard InChI is InChI=1S/C3H6ClO2P/c4-7-3-1-2-5-6-7/h1-3H2. The smallest absolute Gasteiger partial charge is 0.165 e. The number of hydrogen-bond acceptors (Lipinski definition) is 2. The molecule has 1 saturated heterocycles. The lowest BCUT2D eigenvalue weighted by Gasteiger charge is -2.13. The Morgan fingerprint density at radius 1 is 1.57 bits per heavy atom. The van der Waals surface area contributed by atoms with Crippen molar-refractivity contribution < 1.29 is 9.56 Å². The summed E-state index contributed by atoms with van der Waals surface area (Å²) in [5.41, 5.74) is 0. The topological polar surface area (TPSA) is 18.5 Å². The lowest BCUT2D eigenvalue weighted by molar-refractivity contribution is -0.204. The molecular weight excluding hydrogens is 134 g/mol. The molecule has 0 radical (unpaired) electrons. The molecule has 1 heterocycles. The van der Waals surface area contributed by atoms with Crippen LogP contribution in [-0.2, 0) is 9.56 Å². The lowest BCUT2D eigenvalue weighted by Crippen LogP contribution is -2.01. The van der Waals surface area contributed by atoms with Gasteiger partial charge in [-0.25, -0.2) is 4.89 Å².